The maximum atomic E-state index is 13.0. The van der Waals surface area contributed by atoms with Crippen LogP contribution in [0.4, 0.5) is 0 Å². The van der Waals surface area contributed by atoms with Gasteiger partial charge in [-0.05, 0) is 64.5 Å². The minimum absolute atomic E-state index is 0.0697. The third kappa shape index (κ3) is 6.62. The van der Waals surface area contributed by atoms with Crippen LogP contribution in [0.2, 0.25) is 0 Å². The van der Waals surface area contributed by atoms with Crippen LogP contribution < -0.4 is 10.1 Å². The number of pyridine rings is 1. The van der Waals surface area contributed by atoms with Gasteiger partial charge in [0.05, 0.1) is 0 Å². The molecule has 3 aromatic rings. The molecule has 0 bridgehead atoms. The van der Waals surface area contributed by atoms with Gasteiger partial charge in [0.1, 0.15) is 23.2 Å². The van der Waals surface area contributed by atoms with Gasteiger partial charge in [0, 0.05) is 11.1 Å². The number of rotatable bonds is 7. The van der Waals surface area contributed by atoms with Crippen molar-refractivity contribution in [2.45, 2.75) is 73.3 Å². The first-order chi connectivity index (χ1) is 16.6. The molecular formula is C30H38N2O4. The van der Waals surface area contributed by atoms with Crippen molar-refractivity contribution in [3.05, 3.63) is 65.5 Å². The van der Waals surface area contributed by atoms with Gasteiger partial charge in [-0.1, -0.05) is 73.6 Å². The summed E-state index contributed by atoms with van der Waals surface area (Å²) in [6, 6.07) is 14.5. The Morgan fingerprint density at radius 3 is 2.08 bits per heavy atom. The van der Waals surface area contributed by atoms with Crippen molar-refractivity contribution in [2.75, 3.05) is 0 Å². The van der Waals surface area contributed by atoms with E-state index in [1.165, 1.54) is 5.56 Å². The highest BCUT2D eigenvalue weighted by Crippen LogP contribution is 2.31. The Bertz CT molecular complexity index is 1250. The molecule has 1 aromatic heterocycles. The molecular weight excluding hydrogens is 452 g/mol. The lowest BCUT2D eigenvalue weighted by atomic mass is 9.86. The molecule has 36 heavy (non-hydrogen) atoms. The molecule has 6 heteroatoms. The van der Waals surface area contributed by atoms with E-state index >= 15 is 0 Å². The van der Waals surface area contributed by atoms with Crippen molar-refractivity contribution in [3.8, 4) is 11.5 Å². The van der Waals surface area contributed by atoms with Gasteiger partial charge in [-0.2, -0.15) is 0 Å². The molecule has 2 N–H and O–H groups in total. The summed E-state index contributed by atoms with van der Waals surface area (Å²) >= 11 is 0. The number of aliphatic carboxylic acids is 1. The van der Waals surface area contributed by atoms with Gasteiger partial charge in [-0.25, -0.2) is 9.78 Å². The summed E-state index contributed by atoms with van der Waals surface area (Å²) in [5.41, 5.74) is 1.65. The number of nitrogens with zero attached hydrogens (tertiary/aromatic N) is 1. The number of amides is 1. The number of hydrogen-bond acceptors (Lipinski definition) is 4. The molecule has 1 heterocycles. The summed E-state index contributed by atoms with van der Waals surface area (Å²) in [4.78, 5) is 29.4. The van der Waals surface area contributed by atoms with E-state index in [1.807, 2.05) is 30.3 Å². The molecule has 0 fully saturated rings. The summed E-state index contributed by atoms with van der Waals surface area (Å²) in [6.45, 7) is 16.1. The molecule has 0 aliphatic rings. The minimum atomic E-state index is -1.07. The second-order valence-corrected chi connectivity index (χ2v) is 11.9. The largest absolute Gasteiger partial charge is 0.480 e. The molecule has 0 saturated heterocycles. The van der Waals surface area contributed by atoms with E-state index in [0.717, 1.165) is 22.2 Å². The number of aromatic nitrogens is 1. The lowest BCUT2D eigenvalue weighted by Crippen LogP contribution is -2.49. The van der Waals surface area contributed by atoms with Crippen LogP contribution in [0, 0.1) is 11.3 Å². The molecule has 2 aromatic carbocycles. The summed E-state index contributed by atoms with van der Waals surface area (Å²) < 4.78 is 6.14. The summed E-state index contributed by atoms with van der Waals surface area (Å²) in [7, 11) is 0. The highest BCUT2D eigenvalue weighted by Gasteiger charge is 2.33. The van der Waals surface area contributed by atoms with Crippen LogP contribution in [-0.2, 0) is 16.6 Å². The Morgan fingerprint density at radius 1 is 0.944 bits per heavy atom. The third-order valence-corrected chi connectivity index (χ3v) is 6.06. The monoisotopic (exact) mass is 490 g/mol. The zero-order valence-electron chi connectivity index (χ0n) is 22.6. The average molecular weight is 491 g/mol. The van der Waals surface area contributed by atoms with Crippen molar-refractivity contribution in [1.82, 2.24) is 10.3 Å². The molecule has 0 saturated carbocycles. The molecule has 1 amide bonds. The van der Waals surface area contributed by atoms with Crippen LogP contribution in [0.25, 0.3) is 10.8 Å². The van der Waals surface area contributed by atoms with Gasteiger partial charge in [0.15, 0.2) is 0 Å². The summed E-state index contributed by atoms with van der Waals surface area (Å²) in [5, 5.41) is 14.0. The maximum Gasteiger partial charge on any atom is 0.326 e. The number of ether oxygens (including phenoxy) is 1. The van der Waals surface area contributed by atoms with E-state index in [2.05, 4.69) is 57.1 Å². The van der Waals surface area contributed by atoms with E-state index in [9.17, 15) is 14.7 Å². The van der Waals surface area contributed by atoms with Crippen molar-refractivity contribution < 1.29 is 19.4 Å². The Labute approximate surface area is 214 Å². The first kappa shape index (κ1) is 27.2. The fourth-order valence-corrected chi connectivity index (χ4v) is 4.03. The number of carbonyl (C=O) groups is 2. The first-order valence-electron chi connectivity index (χ1n) is 12.4. The smallest absolute Gasteiger partial charge is 0.326 e. The lowest BCUT2D eigenvalue weighted by Gasteiger charge is -2.27. The van der Waals surface area contributed by atoms with Crippen molar-refractivity contribution in [3.63, 3.8) is 0 Å². The number of fused-ring (bicyclic) bond motifs is 1. The number of hydrogen-bond donors (Lipinski definition) is 2. The second kappa shape index (κ2) is 10.3. The number of carboxylic acid groups (broad SMARTS) is 1. The van der Waals surface area contributed by atoms with Crippen LogP contribution in [0.1, 0.15) is 77.1 Å². The van der Waals surface area contributed by atoms with Gasteiger partial charge in [0.2, 0.25) is 0 Å². The zero-order valence-corrected chi connectivity index (χ0v) is 22.6. The second-order valence-electron chi connectivity index (χ2n) is 11.9. The van der Waals surface area contributed by atoms with Crippen LogP contribution >= 0.6 is 0 Å². The Hall–Kier alpha value is -3.41. The van der Waals surface area contributed by atoms with Crippen molar-refractivity contribution in [1.29, 1.82) is 0 Å². The lowest BCUT2D eigenvalue weighted by molar-refractivity contribution is -0.142. The van der Waals surface area contributed by atoms with E-state index < -0.39 is 23.3 Å². The number of carbonyl (C=O) groups excluding carboxylic acids is 1. The Morgan fingerprint density at radius 2 is 1.56 bits per heavy atom. The van der Waals surface area contributed by atoms with Gasteiger partial charge in [-0.3, -0.25) is 4.79 Å². The van der Waals surface area contributed by atoms with Crippen molar-refractivity contribution in [2.24, 2.45) is 11.3 Å². The predicted molar refractivity (Wildman–Crippen MR) is 144 cm³/mol. The summed E-state index contributed by atoms with van der Waals surface area (Å²) in [5.74, 6) is 0.182. The van der Waals surface area contributed by atoms with E-state index in [4.69, 9.17) is 4.74 Å². The highest BCUT2D eigenvalue weighted by atomic mass is 16.5. The number of nitrogens with one attached hydrogen (secondary N) is 1. The molecule has 6 nitrogen and oxygen atoms in total. The van der Waals surface area contributed by atoms with Gasteiger partial charge < -0.3 is 15.2 Å². The fourth-order valence-electron chi connectivity index (χ4n) is 4.03. The highest BCUT2D eigenvalue weighted by molar-refractivity contribution is 5.99. The number of carboxylic acids is 1. The standard InChI is InChI=1S/C30H38N2O4/c1-18(2)15-24-23-17-22(36-21-13-10-20(11-14-21)29(3,4)5)12-9-19(23)16-25(31-24)27(33)32-26(28(34)35)30(6,7)8/h9-14,16-18,26H,15H2,1-8H3,(H,32,33)(H,34,35). The topological polar surface area (TPSA) is 88.5 Å². The normalized spacial score (nSPS) is 13.0. The fraction of sp³-hybridized carbons (Fsp3) is 0.433. The van der Waals surface area contributed by atoms with Gasteiger partial charge in [0.25, 0.3) is 5.91 Å². The third-order valence-electron chi connectivity index (χ3n) is 6.06. The van der Waals surface area contributed by atoms with Crippen LogP contribution in [0.3, 0.4) is 0 Å². The van der Waals surface area contributed by atoms with E-state index in [0.29, 0.717) is 18.1 Å². The summed E-state index contributed by atoms with van der Waals surface area (Å²) in [6.07, 6.45) is 0.670. The molecule has 0 aliphatic heterocycles. The SMILES string of the molecule is CC(C)Cc1nc(C(=O)NC(C(=O)O)C(C)(C)C)cc2ccc(Oc3ccc(C(C)(C)C)cc3)cc12. The molecule has 192 valence electrons. The van der Waals surface area contributed by atoms with E-state index in [-0.39, 0.29) is 11.1 Å². The molecule has 0 radical (unpaired) electrons. The predicted octanol–water partition coefficient (Wildman–Crippen LogP) is 6.75. The zero-order chi connectivity index (χ0) is 26.8. The van der Waals surface area contributed by atoms with E-state index in [1.54, 1.807) is 26.8 Å². The average Bonchev–Trinajstić information content (AvgIpc) is 2.75. The van der Waals surface area contributed by atoms with Crippen molar-refractivity contribution >= 4 is 22.6 Å². The minimum Gasteiger partial charge on any atom is -0.480 e. The first-order valence-corrected chi connectivity index (χ1v) is 12.4. The Kier molecular flexibility index (Phi) is 7.77. The van der Waals surface area contributed by atoms with Gasteiger partial charge >= 0.3 is 5.97 Å². The number of benzene rings is 2. The molecule has 3 rings (SSSR count). The quantitative estimate of drug-likeness (QED) is 0.382. The molecule has 1 atom stereocenters. The molecule has 0 spiro atoms. The van der Waals surface area contributed by atoms with Gasteiger partial charge in [-0.15, -0.1) is 0 Å². The molecule has 1 unspecified atom stereocenters. The maximum absolute atomic E-state index is 13.0. The molecule has 0 aliphatic carbocycles. The van der Waals surface area contributed by atoms with Crippen LogP contribution in [-0.4, -0.2) is 28.0 Å². The Balaban J connectivity index is 1.95. The van der Waals surface area contributed by atoms with Crippen LogP contribution in [0.5, 0.6) is 11.5 Å². The van der Waals surface area contributed by atoms with Crippen LogP contribution in [0.15, 0.2) is 48.5 Å².